The first-order valence-electron chi connectivity index (χ1n) is 2.69. The molecule has 13 heavy (non-hydrogen) atoms. The van der Waals surface area contributed by atoms with Gasteiger partial charge < -0.3 is 0 Å². The Morgan fingerprint density at radius 3 is 1.23 bits per heavy atom. The smallest absolute Gasteiger partial charge is 0.140 e. The minimum atomic E-state index is -0.499. The van der Waals surface area contributed by atoms with Crippen molar-refractivity contribution in [3.63, 3.8) is 0 Å². The first kappa shape index (κ1) is 13.5. The van der Waals surface area contributed by atoms with Crippen molar-refractivity contribution >= 4 is 107 Å². The lowest BCUT2D eigenvalue weighted by Crippen LogP contribution is -1.95. The second kappa shape index (κ2) is 4.75. The van der Waals surface area contributed by atoms with E-state index in [-0.39, 0.29) is 0 Å². The van der Waals surface area contributed by atoms with Crippen LogP contribution in [0, 0.1) is 0 Å². The number of halogens is 6. The van der Waals surface area contributed by atoms with E-state index in [2.05, 4.69) is 106 Å². The molecule has 0 atom stereocenters. The van der Waals surface area contributed by atoms with Gasteiger partial charge in [0.1, 0.15) is 0 Å². The molecular weight excluding hydrogens is 588 g/mol. The highest BCUT2D eigenvalue weighted by Gasteiger charge is 2.31. The fourth-order valence-corrected chi connectivity index (χ4v) is 2.96. The van der Waals surface area contributed by atoms with Gasteiger partial charge in [-0.25, -0.2) is 0 Å². The summed E-state index contributed by atoms with van der Waals surface area (Å²) in [6.07, 6.45) is 0. The van der Waals surface area contributed by atoms with Crippen molar-refractivity contribution in [1.82, 2.24) is 10.2 Å². The molecule has 0 aliphatic heterocycles. The van der Waals surface area contributed by atoms with E-state index in [4.69, 9.17) is 0 Å². The van der Waals surface area contributed by atoms with E-state index in [1.165, 1.54) is 11.3 Å². The molecule has 0 aromatic carbocycles. The molecule has 2 nitrogen and oxygen atoms in total. The maximum absolute atomic E-state index is 3.99. The normalized spacial score (nSPS) is 13.4. The van der Waals surface area contributed by atoms with E-state index in [1.54, 1.807) is 0 Å². The summed E-state index contributed by atoms with van der Waals surface area (Å²) >= 11 is 21.6. The predicted octanol–water partition coefficient (Wildman–Crippen LogP) is 5.13. The van der Waals surface area contributed by atoms with Gasteiger partial charge in [-0.2, -0.15) is 0 Å². The molecule has 0 aliphatic carbocycles. The topological polar surface area (TPSA) is 25.8 Å². The van der Waals surface area contributed by atoms with Crippen LogP contribution < -0.4 is 0 Å². The maximum atomic E-state index is 3.99. The summed E-state index contributed by atoms with van der Waals surface area (Å²) < 4.78 is -0.998. The molecule has 9 heteroatoms. The van der Waals surface area contributed by atoms with Crippen LogP contribution in [0.15, 0.2) is 0 Å². The van der Waals surface area contributed by atoms with E-state index < -0.39 is 4.29 Å². The summed E-state index contributed by atoms with van der Waals surface area (Å²) in [7, 11) is 0. The Labute approximate surface area is 129 Å². The third-order valence-corrected chi connectivity index (χ3v) is 5.90. The van der Waals surface area contributed by atoms with E-state index in [0.717, 1.165) is 10.0 Å². The Morgan fingerprint density at radius 2 is 1.08 bits per heavy atom. The third kappa shape index (κ3) is 4.07. The zero-order valence-corrected chi connectivity index (χ0v) is 15.9. The molecular formula is C4Br6N2S. The van der Waals surface area contributed by atoms with Gasteiger partial charge in [0.15, 0.2) is 14.3 Å². The van der Waals surface area contributed by atoms with Crippen LogP contribution in [0.3, 0.4) is 0 Å². The highest BCUT2D eigenvalue weighted by Crippen LogP contribution is 2.50. The molecule has 1 rings (SSSR count). The van der Waals surface area contributed by atoms with Crippen LogP contribution in [0.1, 0.15) is 10.0 Å². The van der Waals surface area contributed by atoms with Crippen LogP contribution >= 0.6 is 107 Å². The average molecular weight is 588 g/mol. The Kier molecular flexibility index (Phi) is 4.93. The first-order valence-corrected chi connectivity index (χ1v) is 8.26. The molecule has 1 aromatic heterocycles. The number of aromatic nitrogens is 2. The molecule has 0 unspecified atom stereocenters. The quantitative estimate of drug-likeness (QED) is 0.394. The van der Waals surface area contributed by atoms with Crippen molar-refractivity contribution in [2.45, 2.75) is 4.29 Å². The van der Waals surface area contributed by atoms with Crippen LogP contribution in [0.25, 0.3) is 0 Å². The van der Waals surface area contributed by atoms with E-state index >= 15 is 0 Å². The maximum Gasteiger partial charge on any atom is 0.187 e. The summed E-state index contributed by atoms with van der Waals surface area (Å²) in [5, 5.41) is 9.55. The summed E-state index contributed by atoms with van der Waals surface area (Å²) in [5.41, 5.74) is 0. The second-order valence-electron chi connectivity index (χ2n) is 1.91. The Balaban J connectivity index is 3.01. The van der Waals surface area contributed by atoms with Gasteiger partial charge in [-0.05, 0) is 0 Å². The lowest BCUT2D eigenvalue weighted by molar-refractivity contribution is 0.992. The number of nitrogens with zero attached hydrogens (tertiary/aromatic N) is 2. The molecule has 0 saturated heterocycles. The highest BCUT2D eigenvalue weighted by molar-refractivity contribution is 9.39. The lowest BCUT2D eigenvalue weighted by Gasteiger charge is -2.07. The molecule has 0 spiro atoms. The molecule has 0 fully saturated rings. The SMILES string of the molecule is BrC(Br)(Br)c1nnc(C(Br)(Br)Br)s1. The van der Waals surface area contributed by atoms with E-state index in [0.29, 0.717) is 0 Å². The first-order chi connectivity index (χ1) is 5.71. The minimum Gasteiger partial charge on any atom is -0.140 e. The average Bonchev–Trinajstić information content (AvgIpc) is 2.28. The van der Waals surface area contributed by atoms with Crippen LogP contribution in [-0.4, -0.2) is 10.2 Å². The Morgan fingerprint density at radius 1 is 0.769 bits per heavy atom. The Hall–Kier alpha value is 2.44. The summed E-state index contributed by atoms with van der Waals surface area (Å²) in [6, 6.07) is 0. The van der Waals surface area contributed by atoms with Crippen LogP contribution in [-0.2, 0) is 4.29 Å². The Bertz CT molecular complexity index is 270. The lowest BCUT2D eigenvalue weighted by atomic mass is 10.8. The van der Waals surface area contributed by atoms with Crippen molar-refractivity contribution in [3.05, 3.63) is 10.0 Å². The molecule has 0 radical (unpaired) electrons. The molecule has 0 N–H and O–H groups in total. The van der Waals surface area contributed by atoms with E-state index in [1.807, 2.05) is 0 Å². The molecule has 0 amide bonds. The number of rotatable bonds is 0. The predicted molar refractivity (Wildman–Crippen MR) is 76.8 cm³/mol. The van der Waals surface area contributed by atoms with Gasteiger partial charge in [-0.15, -0.1) is 10.2 Å². The highest BCUT2D eigenvalue weighted by atomic mass is 80.0. The molecule has 0 bridgehead atoms. The summed E-state index contributed by atoms with van der Waals surface area (Å²) in [4.78, 5) is 0. The minimum absolute atomic E-state index is 0.499. The van der Waals surface area contributed by atoms with Gasteiger partial charge in [-0.3, -0.25) is 0 Å². The van der Waals surface area contributed by atoms with Crippen molar-refractivity contribution in [1.29, 1.82) is 0 Å². The molecule has 0 aliphatic rings. The van der Waals surface area contributed by atoms with Gasteiger partial charge in [-0.1, -0.05) is 107 Å². The van der Waals surface area contributed by atoms with Crippen LogP contribution in [0.4, 0.5) is 0 Å². The van der Waals surface area contributed by atoms with E-state index in [9.17, 15) is 0 Å². The molecule has 1 aromatic rings. The summed E-state index contributed by atoms with van der Waals surface area (Å²) in [5.74, 6) is 0. The van der Waals surface area contributed by atoms with Gasteiger partial charge in [0, 0.05) is 0 Å². The number of alkyl halides is 6. The van der Waals surface area contributed by atoms with Crippen LogP contribution in [0.5, 0.6) is 0 Å². The van der Waals surface area contributed by atoms with Crippen molar-refractivity contribution < 1.29 is 0 Å². The second-order valence-corrected chi connectivity index (χ2v) is 16.4. The molecule has 74 valence electrons. The molecule has 1 heterocycles. The largest absolute Gasteiger partial charge is 0.187 e. The van der Waals surface area contributed by atoms with Crippen molar-refractivity contribution in [2.24, 2.45) is 0 Å². The number of hydrogen-bond donors (Lipinski definition) is 0. The van der Waals surface area contributed by atoms with Gasteiger partial charge in [0.25, 0.3) is 0 Å². The zero-order valence-electron chi connectivity index (χ0n) is 5.57. The fourth-order valence-electron chi connectivity index (χ4n) is 0.452. The monoisotopic (exact) mass is 581 g/mol. The zero-order chi connectivity index (χ0) is 10.3. The van der Waals surface area contributed by atoms with Gasteiger partial charge >= 0.3 is 0 Å². The van der Waals surface area contributed by atoms with Crippen LogP contribution in [0.2, 0.25) is 0 Å². The fraction of sp³-hybridized carbons (Fsp3) is 0.500. The van der Waals surface area contributed by atoms with Gasteiger partial charge in [0.05, 0.1) is 0 Å². The summed E-state index contributed by atoms with van der Waals surface area (Å²) in [6.45, 7) is 0. The van der Waals surface area contributed by atoms with Crippen molar-refractivity contribution in [3.8, 4) is 0 Å². The number of hydrogen-bond acceptors (Lipinski definition) is 3. The van der Waals surface area contributed by atoms with Gasteiger partial charge in [0.2, 0.25) is 0 Å². The standard InChI is InChI=1S/C4Br6N2S/c5-3(6,7)1-11-12-2(13-1)4(8,9)10. The third-order valence-electron chi connectivity index (χ3n) is 0.910. The molecule has 0 saturated carbocycles. The van der Waals surface area contributed by atoms with Crippen molar-refractivity contribution in [2.75, 3.05) is 0 Å².